The van der Waals surface area contributed by atoms with Crippen LogP contribution >= 0.6 is 11.3 Å². The zero-order valence-electron chi connectivity index (χ0n) is 9.70. The Morgan fingerprint density at radius 3 is 2.60 bits per heavy atom. The zero-order valence-corrected chi connectivity index (χ0v) is 10.5. The number of anilines is 1. The molecule has 2 N–H and O–H groups in total. The maximum atomic E-state index is 12.1. The molecule has 0 aromatic carbocycles. The SMILES string of the molecule is Cc1ccsc1N(C)C(=O)C(C)(C)CN. The maximum Gasteiger partial charge on any atom is 0.234 e. The Kier molecular flexibility index (Phi) is 3.52. The Morgan fingerprint density at radius 2 is 2.20 bits per heavy atom. The van der Waals surface area contributed by atoms with E-state index in [4.69, 9.17) is 5.73 Å². The first-order valence-electron chi connectivity index (χ1n) is 4.92. The Balaban J connectivity index is 2.91. The first-order valence-corrected chi connectivity index (χ1v) is 5.80. The van der Waals surface area contributed by atoms with E-state index in [0.717, 1.165) is 10.6 Å². The molecule has 0 aliphatic heterocycles. The van der Waals surface area contributed by atoms with E-state index in [2.05, 4.69) is 0 Å². The lowest BCUT2D eigenvalue weighted by atomic mass is 9.92. The van der Waals surface area contributed by atoms with E-state index in [9.17, 15) is 4.79 Å². The summed E-state index contributed by atoms with van der Waals surface area (Å²) in [4.78, 5) is 13.8. The molecule has 1 aromatic heterocycles. The fourth-order valence-electron chi connectivity index (χ4n) is 1.34. The zero-order chi connectivity index (χ0) is 11.6. The van der Waals surface area contributed by atoms with Crippen molar-refractivity contribution >= 4 is 22.2 Å². The van der Waals surface area contributed by atoms with Crippen molar-refractivity contribution in [1.29, 1.82) is 0 Å². The van der Waals surface area contributed by atoms with Gasteiger partial charge in [0.1, 0.15) is 5.00 Å². The van der Waals surface area contributed by atoms with Crippen molar-refractivity contribution in [2.75, 3.05) is 18.5 Å². The van der Waals surface area contributed by atoms with E-state index in [1.165, 1.54) is 0 Å². The van der Waals surface area contributed by atoms with Crippen LogP contribution in [0.1, 0.15) is 19.4 Å². The molecule has 0 saturated heterocycles. The molecule has 0 aliphatic rings. The second kappa shape index (κ2) is 4.33. The van der Waals surface area contributed by atoms with Crippen molar-refractivity contribution in [2.24, 2.45) is 11.1 Å². The van der Waals surface area contributed by atoms with Gasteiger partial charge in [0.25, 0.3) is 0 Å². The Labute approximate surface area is 94.9 Å². The lowest BCUT2D eigenvalue weighted by Crippen LogP contribution is -2.42. The number of hydrogen-bond acceptors (Lipinski definition) is 3. The fourth-order valence-corrected chi connectivity index (χ4v) is 2.24. The molecular weight excluding hydrogens is 208 g/mol. The largest absolute Gasteiger partial charge is 0.329 e. The van der Waals surface area contributed by atoms with Gasteiger partial charge in [-0.2, -0.15) is 0 Å². The van der Waals surface area contributed by atoms with E-state index in [-0.39, 0.29) is 5.91 Å². The summed E-state index contributed by atoms with van der Waals surface area (Å²) in [5, 5.41) is 2.99. The van der Waals surface area contributed by atoms with Gasteiger partial charge in [-0.1, -0.05) is 0 Å². The maximum absolute atomic E-state index is 12.1. The minimum atomic E-state index is -0.495. The topological polar surface area (TPSA) is 46.3 Å². The lowest BCUT2D eigenvalue weighted by Gasteiger charge is -2.27. The van der Waals surface area contributed by atoms with Gasteiger partial charge in [0.15, 0.2) is 0 Å². The number of carbonyl (C=O) groups excluding carboxylic acids is 1. The van der Waals surface area contributed by atoms with Crippen molar-refractivity contribution in [1.82, 2.24) is 0 Å². The van der Waals surface area contributed by atoms with Crippen molar-refractivity contribution in [3.63, 3.8) is 0 Å². The van der Waals surface area contributed by atoms with E-state index in [0.29, 0.717) is 6.54 Å². The summed E-state index contributed by atoms with van der Waals surface area (Å²) in [7, 11) is 1.80. The molecule has 0 atom stereocenters. The molecule has 0 aliphatic carbocycles. The van der Waals surface area contributed by atoms with Gasteiger partial charge in [-0.15, -0.1) is 11.3 Å². The van der Waals surface area contributed by atoms with Gasteiger partial charge >= 0.3 is 0 Å². The highest BCUT2D eigenvalue weighted by Crippen LogP contribution is 2.29. The molecule has 0 bridgehead atoms. The molecule has 4 heteroatoms. The van der Waals surface area contributed by atoms with Crippen LogP contribution in [0.15, 0.2) is 11.4 Å². The predicted octanol–water partition coefficient (Wildman–Crippen LogP) is 2.00. The Bertz CT molecular complexity index is 357. The quantitative estimate of drug-likeness (QED) is 0.857. The lowest BCUT2D eigenvalue weighted by molar-refractivity contribution is -0.125. The third kappa shape index (κ3) is 2.38. The van der Waals surface area contributed by atoms with Crippen molar-refractivity contribution in [3.05, 3.63) is 17.0 Å². The smallest absolute Gasteiger partial charge is 0.234 e. The van der Waals surface area contributed by atoms with Crippen LogP contribution in [0.4, 0.5) is 5.00 Å². The first kappa shape index (κ1) is 12.2. The standard InChI is InChI=1S/C11H18N2OS/c1-8-5-6-15-9(8)13(4)10(14)11(2,3)7-12/h5-6H,7,12H2,1-4H3. The van der Waals surface area contributed by atoms with Crippen molar-refractivity contribution < 1.29 is 4.79 Å². The van der Waals surface area contributed by atoms with E-state index >= 15 is 0 Å². The summed E-state index contributed by atoms with van der Waals surface area (Å²) in [5.74, 6) is 0.0653. The minimum Gasteiger partial charge on any atom is -0.329 e. The molecule has 0 radical (unpaired) electrons. The number of aryl methyl sites for hydroxylation is 1. The van der Waals surface area contributed by atoms with Crippen LogP contribution in [0, 0.1) is 12.3 Å². The number of nitrogens with zero attached hydrogens (tertiary/aromatic N) is 1. The van der Waals surface area contributed by atoms with E-state index < -0.39 is 5.41 Å². The van der Waals surface area contributed by atoms with Crippen LogP contribution in [-0.2, 0) is 4.79 Å². The first-order chi connectivity index (χ1) is 6.90. The molecule has 1 heterocycles. The van der Waals surface area contributed by atoms with Crippen LogP contribution in [0.3, 0.4) is 0 Å². The highest BCUT2D eigenvalue weighted by Gasteiger charge is 2.30. The number of hydrogen-bond donors (Lipinski definition) is 1. The Morgan fingerprint density at radius 1 is 1.60 bits per heavy atom. The van der Waals surface area contributed by atoms with Crippen LogP contribution in [0.2, 0.25) is 0 Å². The van der Waals surface area contributed by atoms with Gasteiger partial charge in [0, 0.05) is 13.6 Å². The fraction of sp³-hybridized carbons (Fsp3) is 0.545. The summed E-state index contributed by atoms with van der Waals surface area (Å²) in [5.41, 5.74) is 6.23. The highest BCUT2D eigenvalue weighted by molar-refractivity contribution is 7.14. The summed E-state index contributed by atoms with van der Waals surface area (Å²) < 4.78 is 0. The summed E-state index contributed by atoms with van der Waals surface area (Å²) in [6.45, 7) is 6.11. The summed E-state index contributed by atoms with van der Waals surface area (Å²) in [6.07, 6.45) is 0. The number of thiophene rings is 1. The monoisotopic (exact) mass is 226 g/mol. The second-order valence-corrected chi connectivity index (χ2v) is 5.26. The summed E-state index contributed by atoms with van der Waals surface area (Å²) >= 11 is 1.58. The molecule has 0 unspecified atom stereocenters. The third-order valence-corrected chi connectivity index (χ3v) is 3.62. The van der Waals surface area contributed by atoms with Crippen LogP contribution in [0.25, 0.3) is 0 Å². The molecule has 0 saturated carbocycles. The van der Waals surface area contributed by atoms with Gasteiger partial charge in [0.2, 0.25) is 5.91 Å². The second-order valence-electron chi connectivity index (χ2n) is 4.36. The van der Waals surface area contributed by atoms with Gasteiger partial charge in [-0.25, -0.2) is 0 Å². The van der Waals surface area contributed by atoms with Crippen molar-refractivity contribution in [3.8, 4) is 0 Å². The number of amides is 1. The Hall–Kier alpha value is -0.870. The molecular formula is C11H18N2OS. The third-order valence-electron chi connectivity index (χ3n) is 2.53. The van der Waals surface area contributed by atoms with Gasteiger partial charge < -0.3 is 10.6 Å². The van der Waals surface area contributed by atoms with E-state index in [1.807, 2.05) is 32.2 Å². The predicted molar refractivity (Wildman–Crippen MR) is 65.3 cm³/mol. The molecule has 1 amide bonds. The molecule has 0 spiro atoms. The number of nitrogens with two attached hydrogens (primary N) is 1. The molecule has 1 aromatic rings. The normalized spacial score (nSPS) is 11.5. The molecule has 84 valence electrons. The van der Waals surface area contributed by atoms with Crippen LogP contribution < -0.4 is 10.6 Å². The van der Waals surface area contributed by atoms with Crippen LogP contribution in [-0.4, -0.2) is 19.5 Å². The van der Waals surface area contributed by atoms with Crippen LogP contribution in [0.5, 0.6) is 0 Å². The molecule has 1 rings (SSSR count). The minimum absolute atomic E-state index is 0.0653. The average molecular weight is 226 g/mol. The van der Waals surface area contributed by atoms with Crippen molar-refractivity contribution in [2.45, 2.75) is 20.8 Å². The molecule has 0 fully saturated rings. The summed E-state index contributed by atoms with van der Waals surface area (Å²) in [6, 6.07) is 2.01. The number of carbonyl (C=O) groups is 1. The van der Waals surface area contributed by atoms with Gasteiger partial charge in [-0.3, -0.25) is 4.79 Å². The average Bonchev–Trinajstić information content (AvgIpc) is 2.62. The number of rotatable bonds is 3. The molecule has 3 nitrogen and oxygen atoms in total. The van der Waals surface area contributed by atoms with E-state index in [1.54, 1.807) is 23.3 Å². The highest BCUT2D eigenvalue weighted by atomic mass is 32.1. The van der Waals surface area contributed by atoms with Gasteiger partial charge in [0.05, 0.1) is 5.41 Å². The van der Waals surface area contributed by atoms with Gasteiger partial charge in [-0.05, 0) is 37.8 Å². The molecule has 15 heavy (non-hydrogen) atoms.